The summed E-state index contributed by atoms with van der Waals surface area (Å²) < 4.78 is 0. The molecule has 0 bridgehead atoms. The summed E-state index contributed by atoms with van der Waals surface area (Å²) in [6, 6.07) is 9.87. The summed E-state index contributed by atoms with van der Waals surface area (Å²) in [7, 11) is 0. The summed E-state index contributed by atoms with van der Waals surface area (Å²) in [4.78, 5) is 37.4. The molecule has 27 heavy (non-hydrogen) atoms. The topological polar surface area (TPSA) is 94.9 Å². The molecule has 1 aliphatic rings. The number of rotatable bonds is 4. The Hall–Kier alpha value is -3.06. The van der Waals surface area contributed by atoms with Crippen molar-refractivity contribution in [1.82, 2.24) is 4.90 Å². The molecule has 2 amide bonds. The zero-order chi connectivity index (χ0) is 19.7. The van der Waals surface area contributed by atoms with Crippen LogP contribution in [0.25, 0.3) is 6.08 Å². The fourth-order valence-corrected chi connectivity index (χ4v) is 3.78. The molecule has 0 aliphatic carbocycles. The molecule has 7 heteroatoms. The highest BCUT2D eigenvalue weighted by molar-refractivity contribution is 8.18. The van der Waals surface area contributed by atoms with Crippen LogP contribution in [0, 0.1) is 13.8 Å². The molecule has 138 valence electrons. The second-order valence-corrected chi connectivity index (χ2v) is 7.34. The molecule has 0 spiro atoms. The summed E-state index contributed by atoms with van der Waals surface area (Å²) in [6.07, 6.45) is 1.46. The van der Waals surface area contributed by atoms with E-state index in [1.165, 1.54) is 29.2 Å². The molecule has 0 atom stereocenters. The van der Waals surface area contributed by atoms with Crippen molar-refractivity contribution in [3.63, 3.8) is 0 Å². The molecular formula is C20H17NO5S. The summed E-state index contributed by atoms with van der Waals surface area (Å²) >= 11 is 0.811. The van der Waals surface area contributed by atoms with Gasteiger partial charge in [0, 0.05) is 0 Å². The zero-order valence-electron chi connectivity index (χ0n) is 14.7. The van der Waals surface area contributed by atoms with Gasteiger partial charge in [0.1, 0.15) is 11.3 Å². The van der Waals surface area contributed by atoms with Crippen LogP contribution in [0.1, 0.15) is 32.6 Å². The van der Waals surface area contributed by atoms with Crippen LogP contribution in [0.2, 0.25) is 0 Å². The van der Waals surface area contributed by atoms with E-state index in [2.05, 4.69) is 0 Å². The molecular weight excluding hydrogens is 366 g/mol. The van der Waals surface area contributed by atoms with Gasteiger partial charge in [-0.3, -0.25) is 14.5 Å². The SMILES string of the molecule is Cc1cc(C)cc(CN2C(=O)SC(=Cc3ccc(O)c(C(=O)O)c3)C2=O)c1. The second-order valence-electron chi connectivity index (χ2n) is 6.35. The molecule has 6 nitrogen and oxygen atoms in total. The van der Waals surface area contributed by atoms with Crippen molar-refractivity contribution in [2.45, 2.75) is 20.4 Å². The molecule has 2 N–H and O–H groups in total. The number of thioether (sulfide) groups is 1. The van der Waals surface area contributed by atoms with Crippen LogP contribution in [-0.4, -0.2) is 32.2 Å². The van der Waals surface area contributed by atoms with Crippen molar-refractivity contribution >= 4 is 35.0 Å². The lowest BCUT2D eigenvalue weighted by Crippen LogP contribution is -2.27. The van der Waals surface area contributed by atoms with Crippen molar-refractivity contribution < 1.29 is 24.6 Å². The average molecular weight is 383 g/mol. The summed E-state index contributed by atoms with van der Waals surface area (Å²) in [5, 5.41) is 18.3. The van der Waals surface area contributed by atoms with Crippen molar-refractivity contribution in [2.75, 3.05) is 0 Å². The standard InChI is InChI=1S/C20H17NO5S/c1-11-5-12(2)7-14(6-11)10-21-18(23)17(27-20(21)26)9-13-3-4-16(22)15(8-13)19(24)25/h3-9,22H,10H2,1-2H3,(H,24,25). The zero-order valence-corrected chi connectivity index (χ0v) is 15.5. The van der Waals surface area contributed by atoms with E-state index in [0.717, 1.165) is 28.5 Å². The largest absolute Gasteiger partial charge is 0.507 e. The Morgan fingerprint density at radius 1 is 1.11 bits per heavy atom. The number of nitrogens with zero attached hydrogens (tertiary/aromatic N) is 1. The first-order valence-corrected chi connectivity index (χ1v) is 8.95. The van der Waals surface area contributed by atoms with E-state index < -0.39 is 11.9 Å². The minimum absolute atomic E-state index is 0.181. The maximum atomic E-state index is 12.6. The molecule has 2 aromatic carbocycles. The van der Waals surface area contributed by atoms with Crippen molar-refractivity contribution in [2.24, 2.45) is 0 Å². The molecule has 3 rings (SSSR count). The monoisotopic (exact) mass is 383 g/mol. The van der Waals surface area contributed by atoms with Crippen molar-refractivity contribution in [3.8, 4) is 5.75 Å². The van der Waals surface area contributed by atoms with E-state index in [9.17, 15) is 19.5 Å². The number of amides is 2. The quantitative estimate of drug-likeness (QED) is 0.777. The molecule has 0 unspecified atom stereocenters. The molecule has 1 fully saturated rings. The van der Waals surface area contributed by atoms with Gasteiger partial charge >= 0.3 is 5.97 Å². The predicted molar refractivity (Wildman–Crippen MR) is 102 cm³/mol. The van der Waals surface area contributed by atoms with Crippen LogP contribution in [0.4, 0.5) is 4.79 Å². The normalized spacial score (nSPS) is 15.6. The Balaban J connectivity index is 1.86. The molecule has 1 heterocycles. The predicted octanol–water partition coefficient (Wildman–Crippen LogP) is 3.94. The van der Waals surface area contributed by atoms with E-state index in [0.29, 0.717) is 5.56 Å². The number of aromatic hydroxyl groups is 1. The molecule has 2 aromatic rings. The van der Waals surface area contributed by atoms with E-state index in [1.54, 1.807) is 0 Å². The number of aromatic carboxylic acids is 1. The van der Waals surface area contributed by atoms with Gasteiger partial charge in [-0.05, 0) is 54.9 Å². The molecule has 0 radical (unpaired) electrons. The summed E-state index contributed by atoms with van der Waals surface area (Å²) in [5.41, 5.74) is 3.13. The number of imide groups is 1. The van der Waals surface area contributed by atoms with Gasteiger partial charge in [0.25, 0.3) is 11.1 Å². The maximum Gasteiger partial charge on any atom is 0.339 e. The first-order valence-electron chi connectivity index (χ1n) is 8.13. The van der Waals surface area contributed by atoms with Crippen LogP contribution in [0.5, 0.6) is 5.75 Å². The van der Waals surface area contributed by atoms with Gasteiger partial charge in [-0.2, -0.15) is 0 Å². The van der Waals surface area contributed by atoms with Gasteiger partial charge in [-0.1, -0.05) is 35.4 Å². The van der Waals surface area contributed by atoms with Gasteiger partial charge in [-0.15, -0.1) is 0 Å². The first-order chi connectivity index (χ1) is 12.7. The number of aryl methyl sites for hydroxylation is 2. The van der Waals surface area contributed by atoms with Gasteiger partial charge < -0.3 is 10.2 Å². The summed E-state index contributed by atoms with van der Waals surface area (Å²) in [5.74, 6) is -2.05. The maximum absolute atomic E-state index is 12.6. The third kappa shape index (κ3) is 4.03. The number of hydrogen-bond donors (Lipinski definition) is 2. The van der Waals surface area contributed by atoms with Crippen LogP contribution in [0.15, 0.2) is 41.3 Å². The number of carbonyl (C=O) groups is 3. The lowest BCUT2D eigenvalue weighted by Gasteiger charge is -2.13. The Bertz CT molecular complexity index is 976. The van der Waals surface area contributed by atoms with E-state index in [1.807, 2.05) is 32.0 Å². The first kappa shape index (κ1) is 18.7. The fourth-order valence-electron chi connectivity index (χ4n) is 2.95. The van der Waals surface area contributed by atoms with E-state index in [-0.39, 0.29) is 28.0 Å². The summed E-state index contributed by atoms with van der Waals surface area (Å²) in [6.45, 7) is 4.09. The smallest absolute Gasteiger partial charge is 0.339 e. The Morgan fingerprint density at radius 2 is 1.78 bits per heavy atom. The van der Waals surface area contributed by atoms with Crippen LogP contribution in [0.3, 0.4) is 0 Å². The number of carboxylic acids is 1. The van der Waals surface area contributed by atoms with Gasteiger partial charge in [0.2, 0.25) is 0 Å². The third-order valence-electron chi connectivity index (χ3n) is 4.04. The molecule has 0 aromatic heterocycles. The second kappa shape index (κ2) is 7.28. The van der Waals surface area contributed by atoms with E-state index >= 15 is 0 Å². The van der Waals surface area contributed by atoms with Crippen LogP contribution >= 0.6 is 11.8 Å². The van der Waals surface area contributed by atoms with Crippen LogP contribution < -0.4 is 0 Å². The minimum atomic E-state index is -1.27. The minimum Gasteiger partial charge on any atom is -0.507 e. The molecule has 0 saturated carbocycles. The number of carboxylic acid groups (broad SMARTS) is 1. The number of hydrogen-bond acceptors (Lipinski definition) is 5. The van der Waals surface area contributed by atoms with Gasteiger partial charge in [0.05, 0.1) is 11.4 Å². The Kier molecular flexibility index (Phi) is 5.05. The lowest BCUT2D eigenvalue weighted by atomic mass is 10.1. The Labute approximate surface area is 160 Å². The van der Waals surface area contributed by atoms with Crippen molar-refractivity contribution in [3.05, 3.63) is 69.1 Å². The number of phenols is 1. The van der Waals surface area contributed by atoms with Gasteiger partial charge in [0.15, 0.2) is 0 Å². The third-order valence-corrected chi connectivity index (χ3v) is 4.95. The lowest BCUT2D eigenvalue weighted by molar-refractivity contribution is -0.123. The van der Waals surface area contributed by atoms with Crippen LogP contribution in [-0.2, 0) is 11.3 Å². The molecule has 1 saturated heterocycles. The number of benzene rings is 2. The number of carbonyl (C=O) groups excluding carboxylic acids is 2. The highest BCUT2D eigenvalue weighted by atomic mass is 32.2. The Morgan fingerprint density at radius 3 is 2.41 bits per heavy atom. The van der Waals surface area contributed by atoms with Crippen molar-refractivity contribution in [1.29, 1.82) is 0 Å². The average Bonchev–Trinajstić information content (AvgIpc) is 2.83. The highest BCUT2D eigenvalue weighted by Gasteiger charge is 2.35. The van der Waals surface area contributed by atoms with Gasteiger partial charge in [-0.25, -0.2) is 4.79 Å². The highest BCUT2D eigenvalue weighted by Crippen LogP contribution is 2.34. The molecule has 1 aliphatic heterocycles. The van der Waals surface area contributed by atoms with E-state index in [4.69, 9.17) is 5.11 Å². The fraction of sp³-hybridized carbons (Fsp3) is 0.150.